The molecule has 0 aromatic heterocycles. The molecule has 0 bridgehead atoms. The molecule has 0 spiro atoms. The van der Waals surface area contributed by atoms with Gasteiger partial charge in [0.15, 0.2) is 0 Å². The number of nitrogens with one attached hydrogen (secondary N) is 1. The Hall–Kier alpha value is -2.23. The Bertz CT molecular complexity index is 1150. The summed E-state index contributed by atoms with van der Waals surface area (Å²) in [4.78, 5) is 14.5. The molecule has 7 heteroatoms. The molecule has 0 aliphatic heterocycles. The molecule has 0 heterocycles. The number of carbonyl (C=O) groups is 1. The normalized spacial score (nSPS) is 13.1. The largest absolute Gasteiger partial charge is 0.489 e. The lowest BCUT2D eigenvalue weighted by molar-refractivity contribution is 0.0407. The number of ether oxygens (including phenoxy) is 2. The Morgan fingerprint density at radius 1 is 0.972 bits per heavy atom. The zero-order valence-corrected chi connectivity index (χ0v) is 24.2. The van der Waals surface area contributed by atoms with Gasteiger partial charge in [-0.2, -0.15) is 0 Å². The van der Waals surface area contributed by atoms with Crippen LogP contribution < -0.4 is 10.1 Å². The van der Waals surface area contributed by atoms with Crippen molar-refractivity contribution in [3.63, 3.8) is 0 Å². The Morgan fingerprint density at radius 3 is 2.36 bits per heavy atom. The molecule has 1 atom stereocenters. The highest BCUT2D eigenvalue weighted by molar-refractivity contribution is 14.1. The van der Waals surface area contributed by atoms with Gasteiger partial charge in [-0.05, 0) is 105 Å². The molecular formula is C29H34INO4S. The number of alkyl carbamates (subject to hydrolysis) is 1. The summed E-state index contributed by atoms with van der Waals surface area (Å²) in [5, 5.41) is 12.8. The van der Waals surface area contributed by atoms with Crippen LogP contribution in [0.4, 0.5) is 4.79 Å². The standard InChI is InChI=1S/C29H34INO4S/c1-28(2,3)35-27(33)31-29(4,20-32)16-15-22-13-14-25(18-26(22)30)36-24-12-8-11-23(17-24)34-19-21-9-6-5-7-10-21/h5-14,17-18,32H,15-16,19-20H2,1-4H3,(H,31,33). The lowest BCUT2D eigenvalue weighted by Crippen LogP contribution is -2.50. The van der Waals surface area contributed by atoms with E-state index in [9.17, 15) is 9.90 Å². The van der Waals surface area contributed by atoms with Crippen molar-refractivity contribution in [2.24, 2.45) is 0 Å². The quantitative estimate of drug-likeness (QED) is 0.235. The van der Waals surface area contributed by atoms with Gasteiger partial charge in [0, 0.05) is 13.4 Å². The van der Waals surface area contributed by atoms with Crippen molar-refractivity contribution >= 4 is 40.4 Å². The summed E-state index contributed by atoms with van der Waals surface area (Å²) in [6, 6.07) is 24.6. The number of halogens is 1. The van der Waals surface area contributed by atoms with Crippen LogP contribution in [0.2, 0.25) is 0 Å². The molecule has 0 radical (unpaired) electrons. The van der Waals surface area contributed by atoms with Crippen LogP contribution in [0.3, 0.4) is 0 Å². The summed E-state index contributed by atoms with van der Waals surface area (Å²) in [5.74, 6) is 0.843. The summed E-state index contributed by atoms with van der Waals surface area (Å²) in [6.45, 7) is 7.66. The van der Waals surface area contributed by atoms with E-state index < -0.39 is 17.2 Å². The second kappa shape index (κ2) is 12.8. The fourth-order valence-corrected chi connectivity index (χ4v) is 5.34. The molecule has 3 aromatic rings. The van der Waals surface area contributed by atoms with E-state index in [0.29, 0.717) is 13.0 Å². The zero-order chi connectivity index (χ0) is 26.2. The third-order valence-electron chi connectivity index (χ3n) is 5.41. The number of amides is 1. The molecule has 3 rings (SSSR count). The molecule has 1 amide bonds. The molecule has 2 N–H and O–H groups in total. The Morgan fingerprint density at radius 2 is 1.69 bits per heavy atom. The molecule has 0 saturated heterocycles. The maximum Gasteiger partial charge on any atom is 0.408 e. The summed E-state index contributed by atoms with van der Waals surface area (Å²) in [7, 11) is 0. The van der Waals surface area contributed by atoms with Crippen LogP contribution in [-0.2, 0) is 17.8 Å². The van der Waals surface area contributed by atoms with Crippen LogP contribution >= 0.6 is 34.4 Å². The lowest BCUT2D eigenvalue weighted by Gasteiger charge is -2.30. The Labute approximate surface area is 232 Å². The van der Waals surface area contributed by atoms with Gasteiger partial charge in [0.05, 0.1) is 12.1 Å². The number of hydrogen-bond acceptors (Lipinski definition) is 5. The fourth-order valence-electron chi connectivity index (χ4n) is 3.44. The maximum absolute atomic E-state index is 12.2. The van der Waals surface area contributed by atoms with Crippen LogP contribution in [0.15, 0.2) is 82.6 Å². The van der Waals surface area contributed by atoms with Crippen molar-refractivity contribution in [2.75, 3.05) is 6.61 Å². The first kappa shape index (κ1) is 28.3. The summed E-state index contributed by atoms with van der Waals surface area (Å²) in [6.07, 6.45) is 0.792. The van der Waals surface area contributed by atoms with E-state index >= 15 is 0 Å². The van der Waals surface area contributed by atoms with Gasteiger partial charge >= 0.3 is 6.09 Å². The van der Waals surface area contributed by atoms with E-state index in [-0.39, 0.29) is 6.61 Å². The van der Waals surface area contributed by atoms with E-state index in [1.54, 1.807) is 11.8 Å². The van der Waals surface area contributed by atoms with Gasteiger partial charge in [0.1, 0.15) is 18.0 Å². The number of rotatable bonds is 10. The molecule has 0 fully saturated rings. The average molecular weight is 620 g/mol. The van der Waals surface area contributed by atoms with E-state index in [1.807, 2.05) is 58.0 Å². The monoisotopic (exact) mass is 619 g/mol. The third kappa shape index (κ3) is 9.33. The average Bonchev–Trinajstić information content (AvgIpc) is 2.82. The third-order valence-corrected chi connectivity index (χ3v) is 7.40. The number of carbonyl (C=O) groups excluding carboxylic acids is 1. The van der Waals surface area contributed by atoms with Crippen LogP contribution in [0.25, 0.3) is 0 Å². The molecule has 36 heavy (non-hydrogen) atoms. The fraction of sp³-hybridized carbons (Fsp3) is 0.345. The first-order valence-corrected chi connectivity index (χ1v) is 13.8. The van der Waals surface area contributed by atoms with E-state index in [2.05, 4.69) is 70.4 Å². The minimum absolute atomic E-state index is 0.167. The van der Waals surface area contributed by atoms with Gasteiger partial charge in [0.25, 0.3) is 0 Å². The molecule has 5 nitrogen and oxygen atoms in total. The summed E-state index contributed by atoms with van der Waals surface area (Å²) < 4.78 is 12.5. The van der Waals surface area contributed by atoms with E-state index in [4.69, 9.17) is 9.47 Å². The van der Waals surface area contributed by atoms with Gasteiger partial charge in [-0.1, -0.05) is 54.2 Å². The number of aliphatic hydroxyl groups excluding tert-OH is 1. The lowest BCUT2D eigenvalue weighted by atomic mass is 9.94. The van der Waals surface area contributed by atoms with Gasteiger partial charge in [-0.3, -0.25) is 0 Å². The molecule has 192 valence electrons. The maximum atomic E-state index is 12.2. The van der Waals surface area contributed by atoms with Crippen LogP contribution in [0.1, 0.15) is 45.2 Å². The van der Waals surface area contributed by atoms with Gasteiger partial charge < -0.3 is 19.9 Å². The van der Waals surface area contributed by atoms with E-state index in [0.717, 1.165) is 31.1 Å². The minimum Gasteiger partial charge on any atom is -0.489 e. The highest BCUT2D eigenvalue weighted by Gasteiger charge is 2.28. The van der Waals surface area contributed by atoms with E-state index in [1.165, 1.54) is 5.56 Å². The second-order valence-corrected chi connectivity index (χ2v) is 12.3. The molecule has 0 saturated carbocycles. The minimum atomic E-state index is -0.765. The molecule has 0 aliphatic rings. The zero-order valence-electron chi connectivity index (χ0n) is 21.2. The van der Waals surface area contributed by atoms with Crippen molar-refractivity contribution in [3.8, 4) is 5.75 Å². The molecule has 0 aliphatic carbocycles. The summed E-state index contributed by atoms with van der Waals surface area (Å²) in [5.41, 5.74) is 0.959. The predicted molar refractivity (Wildman–Crippen MR) is 154 cm³/mol. The van der Waals surface area contributed by atoms with Crippen molar-refractivity contribution in [1.82, 2.24) is 5.32 Å². The van der Waals surface area contributed by atoms with Gasteiger partial charge in [-0.25, -0.2) is 4.79 Å². The SMILES string of the molecule is CC(CO)(CCc1ccc(Sc2cccc(OCc3ccccc3)c2)cc1I)NC(=O)OC(C)(C)C. The Kier molecular flexibility index (Phi) is 10.1. The first-order chi connectivity index (χ1) is 17.0. The molecule has 3 aromatic carbocycles. The number of aliphatic hydroxyl groups is 1. The van der Waals surface area contributed by atoms with Crippen LogP contribution in [0, 0.1) is 3.57 Å². The van der Waals surface area contributed by atoms with Gasteiger partial charge in [0.2, 0.25) is 0 Å². The molecule has 1 unspecified atom stereocenters. The number of hydrogen-bond donors (Lipinski definition) is 2. The Balaban J connectivity index is 1.58. The highest BCUT2D eigenvalue weighted by atomic mass is 127. The van der Waals surface area contributed by atoms with Crippen molar-refractivity contribution in [3.05, 3.63) is 87.5 Å². The highest BCUT2D eigenvalue weighted by Crippen LogP contribution is 2.32. The number of benzene rings is 3. The van der Waals surface area contributed by atoms with Crippen LogP contribution in [-0.4, -0.2) is 28.9 Å². The van der Waals surface area contributed by atoms with Crippen molar-refractivity contribution < 1.29 is 19.4 Å². The van der Waals surface area contributed by atoms with Crippen molar-refractivity contribution in [2.45, 2.75) is 68.1 Å². The number of aryl methyl sites for hydroxylation is 1. The predicted octanol–water partition coefficient (Wildman–Crippen LogP) is 7.23. The van der Waals surface area contributed by atoms with Crippen molar-refractivity contribution in [1.29, 1.82) is 0 Å². The van der Waals surface area contributed by atoms with Crippen LogP contribution in [0.5, 0.6) is 5.75 Å². The van der Waals surface area contributed by atoms with Gasteiger partial charge in [-0.15, -0.1) is 0 Å². The topological polar surface area (TPSA) is 67.8 Å². The summed E-state index contributed by atoms with van der Waals surface area (Å²) >= 11 is 4.04. The molecular weight excluding hydrogens is 585 g/mol. The second-order valence-electron chi connectivity index (χ2n) is 9.95. The first-order valence-electron chi connectivity index (χ1n) is 11.9. The smallest absolute Gasteiger partial charge is 0.408 e.